The van der Waals surface area contributed by atoms with E-state index in [0.29, 0.717) is 12.1 Å². The van der Waals surface area contributed by atoms with Gasteiger partial charge < -0.3 is 5.32 Å². The van der Waals surface area contributed by atoms with Crippen molar-refractivity contribution in [3.63, 3.8) is 0 Å². The molecule has 1 aliphatic heterocycles. The minimum absolute atomic E-state index is 0.0821. The van der Waals surface area contributed by atoms with Crippen LogP contribution in [0.1, 0.15) is 55.7 Å². The van der Waals surface area contributed by atoms with E-state index < -0.39 is 0 Å². The van der Waals surface area contributed by atoms with Gasteiger partial charge in [-0.05, 0) is 68.3 Å². The minimum atomic E-state index is -0.0821. The van der Waals surface area contributed by atoms with Crippen molar-refractivity contribution in [2.45, 2.75) is 63.1 Å². The summed E-state index contributed by atoms with van der Waals surface area (Å²) in [6.07, 6.45) is 8.90. The van der Waals surface area contributed by atoms with Gasteiger partial charge in [0.15, 0.2) is 0 Å². The lowest BCUT2D eigenvalue weighted by atomic mass is 10.0. The number of benzene rings is 1. The van der Waals surface area contributed by atoms with Gasteiger partial charge in [0.2, 0.25) is 0 Å². The molecule has 2 aliphatic carbocycles. The Morgan fingerprint density at radius 2 is 2.05 bits per heavy atom. The summed E-state index contributed by atoms with van der Waals surface area (Å²) in [4.78, 5) is 2.73. The topological polar surface area (TPSA) is 15.3 Å². The van der Waals surface area contributed by atoms with E-state index in [9.17, 15) is 4.39 Å². The molecule has 2 nitrogen and oxygen atoms in total. The van der Waals surface area contributed by atoms with Gasteiger partial charge in [-0.1, -0.05) is 12.5 Å². The number of hydrogen-bond donors (Lipinski definition) is 1. The van der Waals surface area contributed by atoms with Gasteiger partial charge in [0.1, 0.15) is 5.82 Å². The van der Waals surface area contributed by atoms with E-state index in [1.807, 2.05) is 6.07 Å². The SMILES string of the molecule is Fc1ccc2c(c1)CCC2N(CC1CCCCN1)C1CC1. The normalized spacial score (nSPS) is 28.9. The van der Waals surface area contributed by atoms with Crippen molar-refractivity contribution in [3.8, 4) is 0 Å². The Morgan fingerprint density at radius 3 is 2.81 bits per heavy atom. The number of rotatable bonds is 4. The molecule has 2 unspecified atom stereocenters. The molecule has 4 rings (SSSR count). The molecule has 1 aromatic carbocycles. The molecule has 1 saturated carbocycles. The van der Waals surface area contributed by atoms with E-state index in [-0.39, 0.29) is 5.82 Å². The summed E-state index contributed by atoms with van der Waals surface area (Å²) in [6.45, 7) is 2.35. The Balaban J connectivity index is 1.52. The molecule has 3 heteroatoms. The first-order valence-electron chi connectivity index (χ1n) is 8.59. The molecule has 114 valence electrons. The molecule has 3 aliphatic rings. The molecule has 1 aromatic rings. The first-order chi connectivity index (χ1) is 10.3. The van der Waals surface area contributed by atoms with Gasteiger partial charge in [-0.15, -0.1) is 0 Å². The third kappa shape index (κ3) is 2.86. The predicted octanol–water partition coefficient (Wildman–Crippen LogP) is 3.42. The highest BCUT2D eigenvalue weighted by molar-refractivity contribution is 5.35. The molecular weight excluding hydrogens is 263 g/mol. The number of halogens is 1. The number of aryl methyl sites for hydroxylation is 1. The summed E-state index contributed by atoms with van der Waals surface area (Å²) < 4.78 is 13.4. The molecular formula is C18H25FN2. The summed E-state index contributed by atoms with van der Waals surface area (Å²) >= 11 is 0. The van der Waals surface area contributed by atoms with Crippen LogP contribution >= 0.6 is 0 Å². The first kappa shape index (κ1) is 13.7. The third-order valence-corrected chi connectivity index (χ3v) is 5.41. The summed E-state index contributed by atoms with van der Waals surface area (Å²) in [6, 6.07) is 7.38. The van der Waals surface area contributed by atoms with Crippen LogP contribution in [0.3, 0.4) is 0 Å². The lowest BCUT2D eigenvalue weighted by molar-refractivity contribution is 0.156. The highest BCUT2D eigenvalue weighted by atomic mass is 19.1. The summed E-state index contributed by atoms with van der Waals surface area (Å²) in [5.41, 5.74) is 2.63. The van der Waals surface area contributed by atoms with Crippen LogP contribution < -0.4 is 5.32 Å². The van der Waals surface area contributed by atoms with Gasteiger partial charge in [0.05, 0.1) is 0 Å². The Hall–Kier alpha value is -0.930. The highest BCUT2D eigenvalue weighted by Gasteiger charge is 2.38. The second-order valence-corrected chi connectivity index (χ2v) is 6.97. The largest absolute Gasteiger partial charge is 0.313 e. The molecule has 1 N–H and O–H groups in total. The van der Waals surface area contributed by atoms with Crippen LogP contribution in [0.5, 0.6) is 0 Å². The average molecular weight is 288 g/mol. The summed E-state index contributed by atoms with van der Waals surface area (Å²) in [5, 5.41) is 3.69. The minimum Gasteiger partial charge on any atom is -0.313 e. The first-order valence-corrected chi connectivity index (χ1v) is 8.59. The van der Waals surface area contributed by atoms with Crippen LogP contribution in [0.2, 0.25) is 0 Å². The molecule has 1 heterocycles. The molecule has 1 saturated heterocycles. The second kappa shape index (κ2) is 5.69. The van der Waals surface area contributed by atoms with E-state index in [2.05, 4.69) is 10.2 Å². The van der Waals surface area contributed by atoms with E-state index in [1.165, 1.54) is 62.7 Å². The zero-order valence-corrected chi connectivity index (χ0v) is 12.7. The maximum Gasteiger partial charge on any atom is 0.123 e. The zero-order valence-electron chi connectivity index (χ0n) is 12.7. The second-order valence-electron chi connectivity index (χ2n) is 6.97. The molecule has 0 spiro atoms. The van der Waals surface area contributed by atoms with Crippen molar-refractivity contribution >= 4 is 0 Å². The molecule has 0 aromatic heterocycles. The molecule has 0 amide bonds. The fraction of sp³-hybridized carbons (Fsp3) is 0.667. The predicted molar refractivity (Wildman–Crippen MR) is 82.8 cm³/mol. The van der Waals surface area contributed by atoms with Gasteiger partial charge >= 0.3 is 0 Å². The van der Waals surface area contributed by atoms with Crippen molar-refractivity contribution in [2.75, 3.05) is 13.1 Å². The summed E-state index contributed by atoms with van der Waals surface area (Å²) in [5.74, 6) is -0.0821. The number of nitrogens with zero attached hydrogens (tertiary/aromatic N) is 1. The number of fused-ring (bicyclic) bond motifs is 1. The quantitative estimate of drug-likeness (QED) is 0.913. The monoisotopic (exact) mass is 288 g/mol. The zero-order chi connectivity index (χ0) is 14.2. The number of piperidine rings is 1. The van der Waals surface area contributed by atoms with Gasteiger partial charge in [0.25, 0.3) is 0 Å². The van der Waals surface area contributed by atoms with Crippen LogP contribution in [-0.2, 0) is 6.42 Å². The van der Waals surface area contributed by atoms with Crippen molar-refractivity contribution < 1.29 is 4.39 Å². The molecule has 2 atom stereocenters. The van der Waals surface area contributed by atoms with Gasteiger partial charge in [-0.2, -0.15) is 0 Å². The standard InChI is InChI=1S/C18H25FN2/c19-14-5-8-17-13(11-14)4-9-18(17)21(16-6-7-16)12-15-3-1-2-10-20-15/h5,8,11,15-16,18,20H,1-4,6-7,9-10,12H2. The van der Waals surface area contributed by atoms with E-state index in [1.54, 1.807) is 12.1 Å². The van der Waals surface area contributed by atoms with Crippen LogP contribution in [0, 0.1) is 5.82 Å². The Bertz CT molecular complexity index is 506. The Labute approximate surface area is 126 Å². The van der Waals surface area contributed by atoms with Crippen molar-refractivity contribution in [1.29, 1.82) is 0 Å². The average Bonchev–Trinajstić information content (AvgIpc) is 3.26. The van der Waals surface area contributed by atoms with E-state index in [4.69, 9.17) is 0 Å². The lowest BCUT2D eigenvalue weighted by Crippen LogP contribution is -2.45. The van der Waals surface area contributed by atoms with Gasteiger partial charge in [-0.3, -0.25) is 4.90 Å². The van der Waals surface area contributed by atoms with Gasteiger partial charge in [0, 0.05) is 24.7 Å². The fourth-order valence-electron chi connectivity index (χ4n) is 4.18. The smallest absolute Gasteiger partial charge is 0.123 e. The molecule has 0 bridgehead atoms. The molecule has 0 radical (unpaired) electrons. The van der Waals surface area contributed by atoms with E-state index in [0.717, 1.165) is 12.5 Å². The van der Waals surface area contributed by atoms with E-state index >= 15 is 0 Å². The van der Waals surface area contributed by atoms with Crippen molar-refractivity contribution in [1.82, 2.24) is 10.2 Å². The van der Waals surface area contributed by atoms with Crippen LogP contribution in [0.4, 0.5) is 4.39 Å². The number of nitrogens with one attached hydrogen (secondary N) is 1. The lowest BCUT2D eigenvalue weighted by Gasteiger charge is -2.35. The molecule has 2 fully saturated rings. The van der Waals surface area contributed by atoms with Gasteiger partial charge in [-0.25, -0.2) is 4.39 Å². The number of hydrogen-bond acceptors (Lipinski definition) is 2. The molecule has 21 heavy (non-hydrogen) atoms. The maximum atomic E-state index is 13.4. The van der Waals surface area contributed by atoms with Crippen molar-refractivity contribution in [3.05, 3.63) is 35.1 Å². The van der Waals surface area contributed by atoms with Crippen molar-refractivity contribution in [2.24, 2.45) is 0 Å². The third-order valence-electron chi connectivity index (χ3n) is 5.41. The van der Waals surface area contributed by atoms with Crippen LogP contribution in [0.25, 0.3) is 0 Å². The highest BCUT2D eigenvalue weighted by Crippen LogP contribution is 2.42. The Morgan fingerprint density at radius 1 is 1.14 bits per heavy atom. The van der Waals surface area contributed by atoms with Crippen LogP contribution in [0.15, 0.2) is 18.2 Å². The fourth-order valence-corrected chi connectivity index (χ4v) is 4.18. The van der Waals surface area contributed by atoms with Crippen LogP contribution in [-0.4, -0.2) is 30.1 Å². The summed E-state index contributed by atoms with van der Waals surface area (Å²) in [7, 11) is 0. The Kier molecular flexibility index (Phi) is 3.72. The maximum absolute atomic E-state index is 13.4.